The number of nitrogens with zero attached hydrogens (tertiary/aromatic N) is 3. The van der Waals surface area contributed by atoms with Crippen LogP contribution in [0.15, 0.2) is 77.2 Å². The Kier molecular flexibility index (Phi) is 6.40. The van der Waals surface area contributed by atoms with E-state index in [1.54, 1.807) is 31.3 Å². The number of nitrogens with one attached hydrogen (secondary N) is 1. The Morgan fingerprint density at radius 3 is 2.18 bits per heavy atom. The third-order valence-electron chi connectivity index (χ3n) is 5.42. The van der Waals surface area contributed by atoms with Gasteiger partial charge in [-0.15, -0.1) is 10.2 Å². The van der Waals surface area contributed by atoms with Crippen molar-refractivity contribution in [3.05, 3.63) is 83.9 Å². The molecule has 4 aromatic rings. The summed E-state index contributed by atoms with van der Waals surface area (Å²) in [5, 5.41) is 20.1. The number of carbonyl (C=O) groups is 2. The van der Waals surface area contributed by atoms with Crippen LogP contribution in [-0.2, 0) is 0 Å². The molecule has 0 radical (unpaired) electrons. The van der Waals surface area contributed by atoms with E-state index in [4.69, 9.17) is 9.52 Å². The summed E-state index contributed by atoms with van der Waals surface area (Å²) in [5.74, 6) is -0.0228. The molecule has 1 heterocycles. The highest BCUT2D eigenvalue weighted by molar-refractivity contribution is 6.01. The second-order valence-electron chi connectivity index (χ2n) is 8.11. The predicted octanol–water partition coefficient (Wildman–Crippen LogP) is 5.89. The Morgan fingerprint density at radius 2 is 1.56 bits per heavy atom. The number of rotatable bonds is 6. The highest BCUT2D eigenvalue weighted by atomic mass is 16.4. The molecule has 8 nitrogen and oxygen atoms in total. The highest BCUT2D eigenvalue weighted by Crippen LogP contribution is 2.27. The minimum absolute atomic E-state index is 0.174. The Hall–Kier alpha value is -4.46. The molecule has 0 aliphatic rings. The minimum Gasteiger partial charge on any atom is -0.478 e. The van der Waals surface area contributed by atoms with Crippen LogP contribution in [-0.4, -0.2) is 34.4 Å². The zero-order chi connectivity index (χ0) is 24.2. The molecule has 0 aliphatic carbocycles. The van der Waals surface area contributed by atoms with E-state index in [0.29, 0.717) is 28.4 Å². The van der Waals surface area contributed by atoms with Gasteiger partial charge in [-0.1, -0.05) is 32.0 Å². The van der Waals surface area contributed by atoms with Gasteiger partial charge < -0.3 is 14.8 Å². The number of carboxylic acids is 1. The average Bonchev–Trinajstić information content (AvgIpc) is 3.34. The van der Waals surface area contributed by atoms with Crippen molar-refractivity contribution in [3.8, 4) is 22.9 Å². The van der Waals surface area contributed by atoms with Gasteiger partial charge in [0.25, 0.3) is 0 Å². The first-order valence-electron chi connectivity index (χ1n) is 10.7. The normalized spacial score (nSPS) is 10.8. The van der Waals surface area contributed by atoms with Crippen LogP contribution in [0.2, 0.25) is 0 Å². The van der Waals surface area contributed by atoms with Crippen molar-refractivity contribution in [2.24, 2.45) is 0 Å². The lowest BCUT2D eigenvalue weighted by atomic mass is 10.0. The molecular formula is C26H24N4O4. The highest BCUT2D eigenvalue weighted by Gasteiger charge is 2.15. The Labute approximate surface area is 196 Å². The minimum atomic E-state index is -1.00. The Morgan fingerprint density at radius 1 is 0.912 bits per heavy atom. The first-order chi connectivity index (χ1) is 16.3. The largest absolute Gasteiger partial charge is 0.478 e. The van der Waals surface area contributed by atoms with Crippen LogP contribution in [0.1, 0.15) is 35.7 Å². The fourth-order valence-electron chi connectivity index (χ4n) is 3.34. The van der Waals surface area contributed by atoms with Crippen molar-refractivity contribution in [2.45, 2.75) is 19.8 Å². The molecule has 172 valence electrons. The van der Waals surface area contributed by atoms with Crippen LogP contribution in [0, 0.1) is 0 Å². The van der Waals surface area contributed by atoms with Gasteiger partial charge in [0, 0.05) is 29.5 Å². The number of hydrogen-bond acceptors (Lipinski definition) is 5. The van der Waals surface area contributed by atoms with Crippen LogP contribution >= 0.6 is 0 Å². The topological polar surface area (TPSA) is 109 Å². The lowest BCUT2D eigenvalue weighted by Gasteiger charge is -2.19. The van der Waals surface area contributed by atoms with E-state index in [1.165, 1.54) is 22.6 Å². The van der Waals surface area contributed by atoms with Crippen LogP contribution in [0.3, 0.4) is 0 Å². The molecule has 3 aromatic carbocycles. The monoisotopic (exact) mass is 456 g/mol. The van der Waals surface area contributed by atoms with Crippen LogP contribution < -0.4 is 10.2 Å². The van der Waals surface area contributed by atoms with Crippen molar-refractivity contribution >= 4 is 23.4 Å². The summed E-state index contributed by atoms with van der Waals surface area (Å²) in [4.78, 5) is 25.3. The van der Waals surface area contributed by atoms with Gasteiger partial charge in [-0.2, -0.15) is 0 Å². The lowest BCUT2D eigenvalue weighted by molar-refractivity contribution is 0.0697. The predicted molar refractivity (Wildman–Crippen MR) is 130 cm³/mol. The molecule has 34 heavy (non-hydrogen) atoms. The number of anilines is 2. The van der Waals surface area contributed by atoms with E-state index in [1.807, 2.05) is 36.4 Å². The number of aromatic carboxylic acids is 1. The van der Waals surface area contributed by atoms with Crippen molar-refractivity contribution < 1.29 is 19.1 Å². The average molecular weight is 457 g/mol. The number of urea groups is 1. The Balaban J connectivity index is 1.49. The van der Waals surface area contributed by atoms with Gasteiger partial charge >= 0.3 is 12.0 Å². The van der Waals surface area contributed by atoms with Gasteiger partial charge in [-0.3, -0.25) is 4.90 Å². The zero-order valence-electron chi connectivity index (χ0n) is 19.0. The molecule has 0 fully saturated rings. The molecule has 0 unspecified atom stereocenters. The summed E-state index contributed by atoms with van der Waals surface area (Å²) in [7, 11) is 1.68. The van der Waals surface area contributed by atoms with Crippen LogP contribution in [0.4, 0.5) is 16.2 Å². The maximum absolute atomic E-state index is 12.8. The van der Waals surface area contributed by atoms with Gasteiger partial charge in [0.2, 0.25) is 11.8 Å². The molecule has 0 saturated heterocycles. The van der Waals surface area contributed by atoms with E-state index in [2.05, 4.69) is 29.4 Å². The van der Waals surface area contributed by atoms with Crippen LogP contribution in [0.25, 0.3) is 22.9 Å². The quantitative estimate of drug-likeness (QED) is 0.374. The fourth-order valence-corrected chi connectivity index (χ4v) is 3.34. The van der Waals surface area contributed by atoms with Crippen molar-refractivity contribution in [2.75, 3.05) is 17.3 Å². The zero-order valence-corrected chi connectivity index (χ0v) is 19.0. The molecular weight excluding hydrogens is 432 g/mol. The van der Waals surface area contributed by atoms with Crippen molar-refractivity contribution in [3.63, 3.8) is 0 Å². The van der Waals surface area contributed by atoms with E-state index < -0.39 is 5.97 Å². The maximum Gasteiger partial charge on any atom is 0.335 e. The van der Waals surface area contributed by atoms with E-state index in [9.17, 15) is 9.59 Å². The first-order valence-corrected chi connectivity index (χ1v) is 10.7. The summed E-state index contributed by atoms with van der Waals surface area (Å²) in [6, 6.07) is 20.9. The summed E-state index contributed by atoms with van der Waals surface area (Å²) < 4.78 is 5.79. The molecule has 0 aliphatic heterocycles. The third kappa shape index (κ3) is 4.96. The molecule has 4 rings (SSSR count). The second-order valence-corrected chi connectivity index (χ2v) is 8.11. The SMILES string of the molecule is CC(C)c1ccc(NC(=O)N(C)c2cccc(-c3nnc(-c4ccc(C(=O)O)cc4)o3)c2)cc1. The number of benzene rings is 3. The van der Waals surface area contributed by atoms with Crippen LogP contribution in [0.5, 0.6) is 0 Å². The number of hydrogen-bond donors (Lipinski definition) is 2. The maximum atomic E-state index is 12.8. The summed E-state index contributed by atoms with van der Waals surface area (Å²) in [6.45, 7) is 4.24. The molecule has 2 amide bonds. The molecule has 0 atom stereocenters. The standard InChI is InChI=1S/C26H24N4O4/c1-16(2)17-11-13-21(14-12-17)27-26(33)30(3)22-6-4-5-20(15-22)24-29-28-23(34-24)18-7-9-19(10-8-18)25(31)32/h4-16H,1-3H3,(H,27,33)(H,31,32). The number of amides is 2. The molecule has 8 heteroatoms. The molecule has 0 saturated carbocycles. The summed E-state index contributed by atoms with van der Waals surface area (Å²) >= 11 is 0. The van der Waals surface area contributed by atoms with Gasteiger partial charge in [0.1, 0.15) is 0 Å². The summed E-state index contributed by atoms with van der Waals surface area (Å²) in [6.07, 6.45) is 0. The number of carbonyl (C=O) groups excluding carboxylic acids is 1. The van der Waals surface area contributed by atoms with Crippen molar-refractivity contribution in [1.82, 2.24) is 10.2 Å². The lowest BCUT2D eigenvalue weighted by Crippen LogP contribution is -2.31. The third-order valence-corrected chi connectivity index (χ3v) is 5.42. The van der Waals surface area contributed by atoms with Gasteiger partial charge in [-0.05, 0) is 66.1 Å². The fraction of sp³-hybridized carbons (Fsp3) is 0.154. The van der Waals surface area contributed by atoms with E-state index in [-0.39, 0.29) is 23.4 Å². The second kappa shape index (κ2) is 9.58. The van der Waals surface area contributed by atoms with Crippen molar-refractivity contribution in [1.29, 1.82) is 0 Å². The number of aromatic nitrogens is 2. The van der Waals surface area contributed by atoms with Gasteiger partial charge in [0.05, 0.1) is 5.56 Å². The summed E-state index contributed by atoms with van der Waals surface area (Å²) in [5.41, 5.74) is 4.01. The Bertz CT molecular complexity index is 1310. The van der Waals surface area contributed by atoms with E-state index >= 15 is 0 Å². The smallest absolute Gasteiger partial charge is 0.335 e. The first kappa shape index (κ1) is 22.7. The van der Waals surface area contributed by atoms with Gasteiger partial charge in [-0.25, -0.2) is 9.59 Å². The number of carboxylic acid groups (broad SMARTS) is 1. The molecule has 0 spiro atoms. The molecule has 0 bridgehead atoms. The molecule has 1 aromatic heterocycles. The van der Waals surface area contributed by atoms with Gasteiger partial charge in [0.15, 0.2) is 0 Å². The van der Waals surface area contributed by atoms with E-state index in [0.717, 1.165) is 0 Å². The molecule has 2 N–H and O–H groups in total.